The first-order chi connectivity index (χ1) is 15.5. The number of anilines is 4. The van der Waals surface area contributed by atoms with Crippen molar-refractivity contribution >= 4 is 47.1 Å². The van der Waals surface area contributed by atoms with Crippen molar-refractivity contribution in [3.05, 3.63) is 70.9 Å². The van der Waals surface area contributed by atoms with Crippen molar-refractivity contribution < 1.29 is 9.59 Å². The van der Waals surface area contributed by atoms with E-state index < -0.39 is 5.91 Å². The zero-order valence-corrected chi connectivity index (χ0v) is 18.0. The van der Waals surface area contributed by atoms with Crippen LogP contribution in [0, 0.1) is 0 Å². The summed E-state index contributed by atoms with van der Waals surface area (Å²) < 4.78 is 0. The van der Waals surface area contributed by atoms with Crippen molar-refractivity contribution in [3.63, 3.8) is 0 Å². The van der Waals surface area contributed by atoms with Gasteiger partial charge in [0.1, 0.15) is 5.02 Å². The lowest BCUT2D eigenvalue weighted by Gasteiger charge is -2.29. The summed E-state index contributed by atoms with van der Waals surface area (Å²) >= 11 is 6.25. The molecule has 0 saturated carbocycles. The van der Waals surface area contributed by atoms with Crippen molar-refractivity contribution in [1.29, 1.82) is 0 Å². The van der Waals surface area contributed by atoms with Crippen molar-refractivity contribution in [2.75, 3.05) is 23.7 Å². The van der Waals surface area contributed by atoms with Crippen LogP contribution in [0.3, 0.4) is 0 Å². The average molecular weight is 451 g/mol. The second-order valence-electron chi connectivity index (χ2n) is 7.59. The van der Waals surface area contributed by atoms with Gasteiger partial charge in [-0.25, -0.2) is 4.98 Å². The zero-order chi connectivity index (χ0) is 22.5. The Labute approximate surface area is 190 Å². The minimum Gasteiger partial charge on any atom is -0.366 e. The molecule has 4 rings (SSSR count). The predicted molar refractivity (Wildman–Crippen MR) is 125 cm³/mol. The van der Waals surface area contributed by atoms with Crippen LogP contribution in [0.25, 0.3) is 0 Å². The smallest absolute Gasteiger partial charge is 0.250 e. The Morgan fingerprint density at radius 2 is 1.81 bits per heavy atom. The third-order valence-corrected chi connectivity index (χ3v) is 5.78. The number of likely N-dealkylation sites (tertiary alicyclic amines) is 1. The van der Waals surface area contributed by atoms with Crippen LogP contribution in [0.1, 0.15) is 34.7 Å². The Morgan fingerprint density at radius 3 is 2.50 bits per heavy atom. The van der Waals surface area contributed by atoms with Gasteiger partial charge in [-0.3, -0.25) is 9.59 Å². The van der Waals surface area contributed by atoms with E-state index in [1.54, 1.807) is 24.3 Å². The first-order valence-corrected chi connectivity index (χ1v) is 10.7. The molecule has 2 amide bonds. The standard InChI is InChI=1S/C23H23ClN6O2/c24-19-13-26-23(29-22(19)28-20-4-2-1-3-18(20)21(25)32)27-17-7-5-15(6-8-17)16-9-11-30(14-31)12-10-16/h1-8,13-14,16H,9-12H2,(H2,25,32)(H2,26,27,28,29). The zero-order valence-electron chi connectivity index (χ0n) is 17.3. The third-order valence-electron chi connectivity index (χ3n) is 5.51. The van der Waals surface area contributed by atoms with Gasteiger partial charge >= 0.3 is 0 Å². The van der Waals surface area contributed by atoms with E-state index in [-0.39, 0.29) is 0 Å². The van der Waals surface area contributed by atoms with Gasteiger partial charge in [-0.1, -0.05) is 35.9 Å². The van der Waals surface area contributed by atoms with Gasteiger partial charge in [0.25, 0.3) is 5.91 Å². The largest absolute Gasteiger partial charge is 0.366 e. The maximum absolute atomic E-state index is 11.7. The van der Waals surface area contributed by atoms with Gasteiger partial charge in [0.05, 0.1) is 17.4 Å². The maximum Gasteiger partial charge on any atom is 0.250 e. The molecular formula is C23H23ClN6O2. The van der Waals surface area contributed by atoms with Crippen LogP contribution in [0.5, 0.6) is 0 Å². The summed E-state index contributed by atoms with van der Waals surface area (Å²) in [6.07, 6.45) is 4.34. The fraction of sp³-hybridized carbons (Fsp3) is 0.217. The number of nitrogens with two attached hydrogens (primary N) is 1. The molecule has 9 heteroatoms. The molecule has 1 saturated heterocycles. The molecule has 1 aliphatic rings. The van der Waals surface area contributed by atoms with Crippen LogP contribution < -0.4 is 16.4 Å². The van der Waals surface area contributed by atoms with Gasteiger partial charge in [-0.15, -0.1) is 0 Å². The molecule has 164 valence electrons. The molecule has 2 aromatic carbocycles. The van der Waals surface area contributed by atoms with Crippen LogP contribution in [-0.2, 0) is 4.79 Å². The molecule has 4 N–H and O–H groups in total. The summed E-state index contributed by atoms with van der Waals surface area (Å²) in [6.45, 7) is 1.59. The van der Waals surface area contributed by atoms with Gasteiger partial charge in [0.15, 0.2) is 5.82 Å². The molecule has 0 unspecified atom stereocenters. The molecule has 1 aliphatic heterocycles. The fourth-order valence-corrected chi connectivity index (χ4v) is 3.89. The van der Waals surface area contributed by atoms with Crippen LogP contribution in [0.4, 0.5) is 23.1 Å². The second kappa shape index (κ2) is 9.65. The molecule has 0 aliphatic carbocycles. The number of hydrogen-bond donors (Lipinski definition) is 3. The number of nitrogens with one attached hydrogen (secondary N) is 2. The number of nitrogens with zero attached hydrogens (tertiary/aromatic N) is 3. The summed E-state index contributed by atoms with van der Waals surface area (Å²) in [5, 5.41) is 6.54. The van der Waals surface area contributed by atoms with E-state index in [1.165, 1.54) is 11.8 Å². The lowest BCUT2D eigenvalue weighted by molar-refractivity contribution is -0.119. The van der Waals surface area contributed by atoms with Gasteiger partial charge in [-0.2, -0.15) is 4.98 Å². The Balaban J connectivity index is 1.46. The Hall–Kier alpha value is -3.65. The van der Waals surface area contributed by atoms with Gasteiger partial charge < -0.3 is 21.3 Å². The monoisotopic (exact) mass is 450 g/mol. The van der Waals surface area contributed by atoms with E-state index in [4.69, 9.17) is 17.3 Å². The topological polar surface area (TPSA) is 113 Å². The SMILES string of the molecule is NC(=O)c1ccccc1Nc1nc(Nc2ccc(C3CCN(C=O)CC3)cc2)ncc1Cl. The third kappa shape index (κ3) is 4.97. The number of rotatable bonds is 7. The van der Waals surface area contributed by atoms with Crippen LogP contribution in [0.2, 0.25) is 5.02 Å². The molecule has 8 nitrogen and oxygen atoms in total. The van der Waals surface area contributed by atoms with Gasteiger partial charge in [0.2, 0.25) is 12.4 Å². The number of halogens is 1. The molecule has 32 heavy (non-hydrogen) atoms. The first-order valence-electron chi connectivity index (χ1n) is 10.3. The van der Waals surface area contributed by atoms with Crippen LogP contribution in [0.15, 0.2) is 54.7 Å². The number of hydrogen-bond acceptors (Lipinski definition) is 6. The maximum atomic E-state index is 11.7. The van der Waals surface area contributed by atoms with E-state index in [1.807, 2.05) is 17.0 Å². The number of aromatic nitrogens is 2. The van der Waals surface area contributed by atoms with Crippen molar-refractivity contribution in [3.8, 4) is 0 Å². The number of carbonyl (C=O) groups is 2. The number of amides is 2. The number of piperidine rings is 1. The Kier molecular flexibility index (Phi) is 6.51. The highest BCUT2D eigenvalue weighted by Gasteiger charge is 2.19. The normalized spacial score (nSPS) is 14.1. The number of carbonyl (C=O) groups excluding carboxylic acids is 2. The lowest BCUT2D eigenvalue weighted by atomic mass is 9.89. The van der Waals surface area contributed by atoms with Crippen molar-refractivity contribution in [1.82, 2.24) is 14.9 Å². The summed E-state index contributed by atoms with van der Waals surface area (Å²) in [6, 6.07) is 15.0. The second-order valence-corrected chi connectivity index (χ2v) is 7.99. The van der Waals surface area contributed by atoms with Crippen molar-refractivity contribution in [2.45, 2.75) is 18.8 Å². The van der Waals surface area contributed by atoms with E-state index in [0.29, 0.717) is 34.0 Å². The molecular weight excluding hydrogens is 428 g/mol. The molecule has 0 bridgehead atoms. The van der Waals surface area contributed by atoms with Crippen molar-refractivity contribution in [2.24, 2.45) is 5.73 Å². The van der Waals surface area contributed by atoms with Gasteiger partial charge in [-0.05, 0) is 48.6 Å². The minimum absolute atomic E-state index is 0.312. The summed E-state index contributed by atoms with van der Waals surface area (Å²) in [5.74, 6) is 0.624. The lowest BCUT2D eigenvalue weighted by Crippen LogP contribution is -2.31. The molecule has 3 aromatic rings. The highest BCUT2D eigenvalue weighted by molar-refractivity contribution is 6.33. The van der Waals surface area contributed by atoms with Crippen LogP contribution in [-0.4, -0.2) is 40.3 Å². The summed E-state index contributed by atoms with van der Waals surface area (Å²) in [5.41, 5.74) is 8.38. The van der Waals surface area contributed by atoms with E-state index in [9.17, 15) is 9.59 Å². The molecule has 1 aromatic heterocycles. The highest BCUT2D eigenvalue weighted by Crippen LogP contribution is 2.30. The Morgan fingerprint density at radius 1 is 1.09 bits per heavy atom. The predicted octanol–water partition coefficient (Wildman–Crippen LogP) is 4.05. The Bertz CT molecular complexity index is 1110. The van der Waals surface area contributed by atoms with E-state index in [2.05, 4.69) is 32.7 Å². The van der Waals surface area contributed by atoms with E-state index >= 15 is 0 Å². The van der Waals surface area contributed by atoms with Gasteiger partial charge in [0, 0.05) is 18.8 Å². The molecule has 2 heterocycles. The highest BCUT2D eigenvalue weighted by atomic mass is 35.5. The number of benzene rings is 2. The quantitative estimate of drug-likeness (QED) is 0.468. The molecule has 0 spiro atoms. The molecule has 1 fully saturated rings. The average Bonchev–Trinajstić information content (AvgIpc) is 2.82. The molecule has 0 atom stereocenters. The minimum atomic E-state index is -0.548. The van der Waals surface area contributed by atoms with Crippen LogP contribution >= 0.6 is 11.6 Å². The fourth-order valence-electron chi connectivity index (χ4n) is 3.76. The molecule has 0 radical (unpaired) electrons. The summed E-state index contributed by atoms with van der Waals surface area (Å²) in [4.78, 5) is 33.0. The summed E-state index contributed by atoms with van der Waals surface area (Å²) in [7, 11) is 0. The van der Waals surface area contributed by atoms with E-state index in [0.717, 1.165) is 38.0 Å². The number of primary amides is 1. The first kappa shape index (κ1) is 21.6. The number of para-hydroxylation sites is 1.